The van der Waals surface area contributed by atoms with Crippen LogP contribution in [0, 0.1) is 11.7 Å². The molecular weight excluding hydrogens is 361 g/mol. The third-order valence-electron chi connectivity index (χ3n) is 3.76. The summed E-state index contributed by atoms with van der Waals surface area (Å²) in [5, 5.41) is 9.16. The van der Waals surface area contributed by atoms with Crippen LogP contribution < -0.4 is 0 Å². The van der Waals surface area contributed by atoms with Gasteiger partial charge in [-0.05, 0) is 46.8 Å². The molecule has 112 valence electrons. The van der Waals surface area contributed by atoms with E-state index in [4.69, 9.17) is 0 Å². The molecule has 0 radical (unpaired) electrons. The van der Waals surface area contributed by atoms with Gasteiger partial charge in [-0.25, -0.2) is 9.18 Å². The number of hydrogen-bond acceptors (Lipinski definition) is 3. The minimum Gasteiger partial charge on any atom is -0.480 e. The van der Waals surface area contributed by atoms with Crippen molar-refractivity contribution >= 4 is 39.6 Å². The van der Waals surface area contributed by atoms with Gasteiger partial charge in [0.05, 0.1) is 10.9 Å². The molecule has 1 N–H and O–H groups in total. The maximum absolute atomic E-state index is 14.0. The average Bonchev–Trinajstić information content (AvgIpc) is 3.16. The molecule has 2 aliphatic rings. The van der Waals surface area contributed by atoms with E-state index in [0.717, 1.165) is 12.8 Å². The molecule has 2 fully saturated rings. The number of hydrogen-bond donors (Lipinski definition) is 1. The summed E-state index contributed by atoms with van der Waals surface area (Å²) in [4.78, 5) is 25.5. The fourth-order valence-corrected chi connectivity index (χ4v) is 4.69. The van der Waals surface area contributed by atoms with E-state index >= 15 is 0 Å². The van der Waals surface area contributed by atoms with Gasteiger partial charge in [-0.15, -0.1) is 11.8 Å². The first-order valence-corrected chi connectivity index (χ1v) is 8.46. The van der Waals surface area contributed by atoms with Crippen molar-refractivity contribution in [3.8, 4) is 0 Å². The Bertz CT molecular complexity index is 588. The predicted octanol–water partition coefficient (Wildman–Crippen LogP) is 2.97. The first kappa shape index (κ1) is 14.8. The number of carboxylic acid groups (broad SMARTS) is 1. The number of rotatable bonds is 3. The second-order valence-electron chi connectivity index (χ2n) is 5.22. The summed E-state index contributed by atoms with van der Waals surface area (Å²) in [7, 11) is 0. The summed E-state index contributed by atoms with van der Waals surface area (Å²) in [5.74, 6) is -1.53. The summed E-state index contributed by atoms with van der Waals surface area (Å²) in [5.41, 5.74) is -0.0862. The Balaban J connectivity index is 1.98. The van der Waals surface area contributed by atoms with E-state index in [1.54, 1.807) is 6.07 Å². The third-order valence-corrected chi connectivity index (χ3v) is 5.88. The maximum Gasteiger partial charge on any atom is 0.327 e. The van der Waals surface area contributed by atoms with Gasteiger partial charge in [0.1, 0.15) is 11.9 Å². The highest BCUT2D eigenvalue weighted by molar-refractivity contribution is 9.10. The van der Waals surface area contributed by atoms with Crippen molar-refractivity contribution in [2.24, 2.45) is 5.92 Å². The van der Waals surface area contributed by atoms with E-state index in [9.17, 15) is 19.1 Å². The number of nitrogens with zero attached hydrogens (tertiary/aromatic N) is 1. The fourth-order valence-electron chi connectivity index (χ4n) is 2.55. The highest BCUT2D eigenvalue weighted by Gasteiger charge is 2.48. The number of carbonyl (C=O) groups is 2. The van der Waals surface area contributed by atoms with Crippen LogP contribution in [0.1, 0.15) is 23.2 Å². The van der Waals surface area contributed by atoms with Crippen molar-refractivity contribution in [3.63, 3.8) is 0 Å². The second-order valence-corrected chi connectivity index (χ2v) is 7.23. The average molecular weight is 374 g/mol. The van der Waals surface area contributed by atoms with Gasteiger partial charge in [-0.3, -0.25) is 4.79 Å². The molecule has 1 aromatic carbocycles. The van der Waals surface area contributed by atoms with E-state index in [1.165, 1.54) is 28.8 Å². The van der Waals surface area contributed by atoms with Crippen LogP contribution in [0.4, 0.5) is 4.39 Å². The zero-order valence-corrected chi connectivity index (χ0v) is 13.4. The maximum atomic E-state index is 14.0. The highest BCUT2D eigenvalue weighted by atomic mass is 79.9. The smallest absolute Gasteiger partial charge is 0.327 e. The minimum atomic E-state index is -1.04. The molecule has 1 aliphatic heterocycles. The van der Waals surface area contributed by atoms with Crippen molar-refractivity contribution in [1.82, 2.24) is 4.90 Å². The molecule has 4 nitrogen and oxygen atoms in total. The van der Waals surface area contributed by atoms with Crippen molar-refractivity contribution in [2.75, 3.05) is 5.75 Å². The van der Waals surface area contributed by atoms with Gasteiger partial charge in [0.2, 0.25) is 0 Å². The van der Waals surface area contributed by atoms with Crippen LogP contribution in [0.2, 0.25) is 0 Å². The Morgan fingerprint density at radius 2 is 2.10 bits per heavy atom. The van der Waals surface area contributed by atoms with Crippen molar-refractivity contribution in [2.45, 2.75) is 24.3 Å². The van der Waals surface area contributed by atoms with E-state index in [2.05, 4.69) is 15.9 Å². The molecule has 1 saturated heterocycles. The lowest BCUT2D eigenvalue weighted by Gasteiger charge is -2.28. The summed E-state index contributed by atoms with van der Waals surface area (Å²) < 4.78 is 14.3. The number of thioether (sulfide) groups is 1. The molecule has 1 aliphatic carbocycles. The topological polar surface area (TPSA) is 57.6 Å². The van der Waals surface area contributed by atoms with Crippen molar-refractivity contribution in [1.29, 1.82) is 0 Å². The van der Waals surface area contributed by atoms with Gasteiger partial charge in [-0.2, -0.15) is 0 Å². The number of halogens is 2. The summed E-state index contributed by atoms with van der Waals surface area (Å²) in [6.45, 7) is 0. The zero-order chi connectivity index (χ0) is 15.1. The molecule has 0 bridgehead atoms. The highest BCUT2D eigenvalue weighted by Crippen LogP contribution is 2.46. The molecule has 1 aromatic rings. The zero-order valence-electron chi connectivity index (χ0n) is 11.0. The van der Waals surface area contributed by atoms with E-state index in [0.29, 0.717) is 16.1 Å². The second kappa shape index (κ2) is 5.61. The standard InChI is InChI=1S/C14H13BrFNO3S/c15-8-2-1-3-9(16)11(8)12(18)17-10(14(19)20)6-21-13(17)7-4-5-7/h1-3,7,10,13H,4-6H2,(H,19,20). The first-order chi connectivity index (χ1) is 10.0. The molecule has 1 saturated carbocycles. The van der Waals surface area contributed by atoms with Gasteiger partial charge in [0.15, 0.2) is 0 Å². The molecule has 1 amide bonds. The lowest BCUT2D eigenvalue weighted by Crippen LogP contribution is -2.46. The third kappa shape index (κ3) is 2.68. The Labute approximate surface area is 133 Å². The van der Waals surface area contributed by atoms with E-state index in [1.807, 2.05) is 0 Å². The Hall–Kier alpha value is -1.08. The molecule has 2 atom stereocenters. The van der Waals surface area contributed by atoms with E-state index < -0.39 is 23.7 Å². The van der Waals surface area contributed by atoms with E-state index in [-0.39, 0.29) is 10.9 Å². The van der Waals surface area contributed by atoms with Crippen molar-refractivity contribution in [3.05, 3.63) is 34.1 Å². The Morgan fingerprint density at radius 3 is 2.67 bits per heavy atom. The van der Waals surface area contributed by atoms with Crippen LogP contribution in [0.5, 0.6) is 0 Å². The minimum absolute atomic E-state index is 0.0862. The monoisotopic (exact) mass is 373 g/mol. The summed E-state index contributed by atoms with van der Waals surface area (Å²) in [6, 6.07) is 3.41. The lowest BCUT2D eigenvalue weighted by molar-refractivity contribution is -0.141. The summed E-state index contributed by atoms with van der Waals surface area (Å²) in [6.07, 6.45) is 1.98. The number of benzene rings is 1. The lowest BCUT2D eigenvalue weighted by atomic mass is 10.1. The number of aliphatic carboxylic acids is 1. The van der Waals surface area contributed by atoms with Gasteiger partial charge >= 0.3 is 5.97 Å². The molecule has 0 aromatic heterocycles. The normalized spacial score (nSPS) is 25.1. The molecule has 21 heavy (non-hydrogen) atoms. The Morgan fingerprint density at radius 1 is 1.38 bits per heavy atom. The first-order valence-electron chi connectivity index (χ1n) is 6.61. The predicted molar refractivity (Wildman–Crippen MR) is 80.7 cm³/mol. The van der Waals surface area contributed by atoms with Crippen LogP contribution >= 0.6 is 27.7 Å². The van der Waals surface area contributed by atoms with Gasteiger partial charge in [0.25, 0.3) is 5.91 Å². The molecule has 2 unspecified atom stereocenters. The van der Waals surface area contributed by atoms with Crippen LogP contribution in [-0.4, -0.2) is 39.1 Å². The van der Waals surface area contributed by atoms with Crippen LogP contribution in [0.15, 0.2) is 22.7 Å². The SMILES string of the molecule is O=C(O)C1CSC(C2CC2)N1C(=O)c1c(F)cccc1Br. The number of carboxylic acids is 1. The molecule has 1 heterocycles. The van der Waals surface area contributed by atoms with Gasteiger partial charge in [0, 0.05) is 10.2 Å². The van der Waals surface area contributed by atoms with Gasteiger partial charge in [-0.1, -0.05) is 6.07 Å². The van der Waals surface area contributed by atoms with Crippen LogP contribution in [0.25, 0.3) is 0 Å². The molecule has 0 spiro atoms. The summed E-state index contributed by atoms with van der Waals surface area (Å²) >= 11 is 4.66. The van der Waals surface area contributed by atoms with Crippen LogP contribution in [0.3, 0.4) is 0 Å². The quantitative estimate of drug-likeness (QED) is 0.884. The van der Waals surface area contributed by atoms with Gasteiger partial charge < -0.3 is 10.0 Å². The molecule has 3 rings (SSSR count). The Kier molecular flexibility index (Phi) is 3.96. The van der Waals surface area contributed by atoms with Crippen molar-refractivity contribution < 1.29 is 19.1 Å². The fraction of sp³-hybridized carbons (Fsp3) is 0.429. The molecule has 7 heteroatoms. The largest absolute Gasteiger partial charge is 0.480 e. The molecular formula is C14H13BrFNO3S. The van der Waals surface area contributed by atoms with Crippen LogP contribution in [-0.2, 0) is 4.79 Å². The number of carbonyl (C=O) groups excluding carboxylic acids is 1. The number of amides is 1.